The second kappa shape index (κ2) is 5.29. The van der Waals surface area contributed by atoms with Gasteiger partial charge in [0.2, 0.25) is 0 Å². The highest BCUT2D eigenvalue weighted by Gasteiger charge is 2.10. The molecule has 2 heterocycles. The van der Waals surface area contributed by atoms with Crippen molar-refractivity contribution >= 4 is 0 Å². The maximum absolute atomic E-state index is 11.8. The molecule has 1 aliphatic rings. The summed E-state index contributed by atoms with van der Waals surface area (Å²) in [6.07, 6.45) is 1.51. The third kappa shape index (κ3) is 2.83. The molecule has 0 saturated carbocycles. The first kappa shape index (κ1) is 12.1. The summed E-state index contributed by atoms with van der Waals surface area (Å²) in [5.41, 5.74) is -0.462. The maximum Gasteiger partial charge on any atom is 0.330 e. The van der Waals surface area contributed by atoms with Crippen molar-refractivity contribution in [2.24, 2.45) is 7.05 Å². The van der Waals surface area contributed by atoms with E-state index in [0.29, 0.717) is 6.54 Å². The van der Waals surface area contributed by atoms with E-state index >= 15 is 0 Å². The van der Waals surface area contributed by atoms with Gasteiger partial charge in [-0.2, -0.15) is 0 Å². The Bertz CT molecular complexity index is 485. The number of hydrogen-bond acceptors (Lipinski definition) is 4. The lowest BCUT2D eigenvalue weighted by Gasteiger charge is -2.27. The second-order valence-corrected chi connectivity index (χ2v) is 4.29. The normalized spacial score (nSPS) is 17.2. The third-order valence-corrected chi connectivity index (χ3v) is 3.09. The van der Waals surface area contributed by atoms with Crippen LogP contribution in [0.25, 0.3) is 0 Å². The summed E-state index contributed by atoms with van der Waals surface area (Å²) in [6.45, 7) is 5.11. The number of hydrogen-bond donors (Lipinski definition) is 1. The van der Waals surface area contributed by atoms with E-state index in [-0.39, 0.29) is 11.2 Å². The Kier molecular flexibility index (Phi) is 3.75. The molecule has 94 valence electrons. The quantitative estimate of drug-likeness (QED) is 0.693. The van der Waals surface area contributed by atoms with Crippen molar-refractivity contribution < 1.29 is 0 Å². The van der Waals surface area contributed by atoms with E-state index in [1.165, 1.54) is 21.4 Å². The van der Waals surface area contributed by atoms with Gasteiger partial charge >= 0.3 is 5.69 Å². The maximum atomic E-state index is 11.8. The van der Waals surface area contributed by atoms with Crippen LogP contribution in [0, 0.1) is 0 Å². The molecule has 0 aromatic carbocycles. The zero-order chi connectivity index (χ0) is 12.3. The molecule has 17 heavy (non-hydrogen) atoms. The highest BCUT2D eigenvalue weighted by atomic mass is 16.2. The van der Waals surface area contributed by atoms with Crippen molar-refractivity contribution in [3.05, 3.63) is 33.1 Å². The molecule has 1 aromatic rings. The van der Waals surface area contributed by atoms with Crippen LogP contribution >= 0.6 is 0 Å². The zero-order valence-corrected chi connectivity index (χ0v) is 10.1. The highest BCUT2D eigenvalue weighted by molar-refractivity contribution is 4.85. The molecule has 0 bridgehead atoms. The van der Waals surface area contributed by atoms with Gasteiger partial charge in [-0.25, -0.2) is 4.79 Å². The van der Waals surface area contributed by atoms with Gasteiger partial charge < -0.3 is 9.88 Å². The number of piperazine rings is 1. The molecule has 1 fully saturated rings. The van der Waals surface area contributed by atoms with Gasteiger partial charge in [0, 0.05) is 58.6 Å². The smallest absolute Gasteiger partial charge is 0.314 e. The summed E-state index contributed by atoms with van der Waals surface area (Å²) in [7, 11) is 1.66. The molecule has 0 atom stereocenters. The van der Waals surface area contributed by atoms with Gasteiger partial charge in [-0.3, -0.25) is 14.3 Å². The Labute approximate surface area is 99.5 Å². The molecule has 1 saturated heterocycles. The highest BCUT2D eigenvalue weighted by Crippen LogP contribution is 1.91. The average molecular weight is 238 g/mol. The first-order valence-electron chi connectivity index (χ1n) is 5.88. The SMILES string of the molecule is Cn1ccc(=O)n(CCN2CCNCC2)c1=O. The molecule has 6 nitrogen and oxygen atoms in total. The van der Waals surface area contributed by atoms with Crippen molar-refractivity contribution in [2.75, 3.05) is 32.7 Å². The molecule has 0 spiro atoms. The van der Waals surface area contributed by atoms with Gasteiger partial charge in [-0.15, -0.1) is 0 Å². The number of nitrogens with zero attached hydrogens (tertiary/aromatic N) is 3. The van der Waals surface area contributed by atoms with E-state index < -0.39 is 0 Å². The summed E-state index contributed by atoms with van der Waals surface area (Å²) >= 11 is 0. The molecular weight excluding hydrogens is 220 g/mol. The summed E-state index contributed by atoms with van der Waals surface area (Å²) in [6, 6.07) is 1.43. The fourth-order valence-electron chi connectivity index (χ4n) is 2.00. The van der Waals surface area contributed by atoms with E-state index in [4.69, 9.17) is 0 Å². The van der Waals surface area contributed by atoms with Crippen LogP contribution in [0.5, 0.6) is 0 Å². The van der Waals surface area contributed by atoms with Gasteiger partial charge in [0.15, 0.2) is 0 Å². The first-order chi connectivity index (χ1) is 8.18. The lowest BCUT2D eigenvalue weighted by atomic mass is 10.3. The van der Waals surface area contributed by atoms with E-state index in [9.17, 15) is 9.59 Å². The van der Waals surface area contributed by atoms with Crippen molar-refractivity contribution in [2.45, 2.75) is 6.54 Å². The Balaban J connectivity index is 2.06. The van der Waals surface area contributed by atoms with Crippen molar-refractivity contribution in [3.63, 3.8) is 0 Å². The summed E-state index contributed by atoms with van der Waals surface area (Å²) in [4.78, 5) is 25.6. The molecular formula is C11H18N4O2. The van der Waals surface area contributed by atoms with E-state index in [0.717, 1.165) is 32.7 Å². The first-order valence-corrected chi connectivity index (χ1v) is 5.88. The molecule has 1 N–H and O–H groups in total. The zero-order valence-electron chi connectivity index (χ0n) is 10.1. The largest absolute Gasteiger partial charge is 0.330 e. The molecule has 0 aliphatic carbocycles. The summed E-state index contributed by atoms with van der Waals surface area (Å²) in [5, 5.41) is 3.27. The molecule has 1 aliphatic heterocycles. The van der Waals surface area contributed by atoms with Gasteiger partial charge in [0.05, 0.1) is 0 Å². The van der Waals surface area contributed by atoms with Crippen LogP contribution in [0.1, 0.15) is 0 Å². The van der Waals surface area contributed by atoms with Crippen LogP contribution in [-0.2, 0) is 13.6 Å². The van der Waals surface area contributed by atoms with Gasteiger partial charge in [-0.05, 0) is 0 Å². The predicted molar refractivity (Wildman–Crippen MR) is 65.3 cm³/mol. The number of aryl methyl sites for hydroxylation is 1. The van der Waals surface area contributed by atoms with Gasteiger partial charge in [0.1, 0.15) is 0 Å². The molecule has 2 rings (SSSR count). The van der Waals surface area contributed by atoms with Crippen LogP contribution < -0.4 is 16.6 Å². The molecule has 1 aromatic heterocycles. The third-order valence-electron chi connectivity index (χ3n) is 3.09. The molecule has 0 unspecified atom stereocenters. The Morgan fingerprint density at radius 1 is 1.24 bits per heavy atom. The lowest BCUT2D eigenvalue weighted by Crippen LogP contribution is -2.46. The van der Waals surface area contributed by atoms with Crippen LogP contribution in [-0.4, -0.2) is 46.8 Å². The van der Waals surface area contributed by atoms with E-state index in [2.05, 4.69) is 10.2 Å². The fraction of sp³-hybridized carbons (Fsp3) is 0.636. The minimum atomic E-state index is -0.243. The van der Waals surface area contributed by atoms with Crippen molar-refractivity contribution in [1.29, 1.82) is 0 Å². The van der Waals surface area contributed by atoms with Gasteiger partial charge in [-0.1, -0.05) is 0 Å². The van der Waals surface area contributed by atoms with Crippen molar-refractivity contribution in [1.82, 2.24) is 19.4 Å². The number of rotatable bonds is 3. The second-order valence-electron chi connectivity index (χ2n) is 4.29. The Morgan fingerprint density at radius 3 is 2.65 bits per heavy atom. The average Bonchev–Trinajstić information content (AvgIpc) is 2.35. The van der Waals surface area contributed by atoms with Crippen LogP contribution in [0.4, 0.5) is 0 Å². The predicted octanol–water partition coefficient (Wildman–Crippen LogP) is -1.55. The van der Waals surface area contributed by atoms with E-state index in [1.807, 2.05) is 0 Å². The van der Waals surface area contributed by atoms with E-state index in [1.54, 1.807) is 7.05 Å². The van der Waals surface area contributed by atoms with Gasteiger partial charge in [0.25, 0.3) is 5.56 Å². The van der Waals surface area contributed by atoms with Crippen LogP contribution in [0.3, 0.4) is 0 Å². The minimum absolute atomic E-state index is 0.219. The van der Waals surface area contributed by atoms with Crippen LogP contribution in [0.2, 0.25) is 0 Å². The summed E-state index contributed by atoms with van der Waals surface area (Å²) in [5.74, 6) is 0. The molecule has 6 heteroatoms. The number of aromatic nitrogens is 2. The minimum Gasteiger partial charge on any atom is -0.314 e. The molecule has 0 radical (unpaired) electrons. The monoisotopic (exact) mass is 238 g/mol. The van der Waals surface area contributed by atoms with Crippen LogP contribution in [0.15, 0.2) is 21.9 Å². The standard InChI is InChI=1S/C11H18N4O2/c1-13-5-2-10(16)15(11(13)17)9-8-14-6-3-12-4-7-14/h2,5,12H,3-4,6-9H2,1H3. The molecule has 0 amide bonds. The fourth-order valence-corrected chi connectivity index (χ4v) is 2.00. The lowest BCUT2D eigenvalue weighted by molar-refractivity contribution is 0.230. The Hall–Kier alpha value is -1.40. The topological polar surface area (TPSA) is 59.3 Å². The summed E-state index contributed by atoms with van der Waals surface area (Å²) < 4.78 is 2.72. The Morgan fingerprint density at radius 2 is 1.94 bits per heavy atom. The number of nitrogens with one attached hydrogen (secondary N) is 1. The van der Waals surface area contributed by atoms with Crippen molar-refractivity contribution in [3.8, 4) is 0 Å².